The summed E-state index contributed by atoms with van der Waals surface area (Å²) in [6.07, 6.45) is 47.3. The molecule has 1 aliphatic rings. The van der Waals surface area contributed by atoms with Gasteiger partial charge in [-0.15, -0.1) is 0 Å². The predicted octanol–water partition coefficient (Wildman–Crippen LogP) is 11.2. The molecule has 0 aromatic carbocycles. The zero-order valence-electron chi connectivity index (χ0n) is 41.8. The quantitative estimate of drug-likeness (QED) is 0.0146. The van der Waals surface area contributed by atoms with E-state index in [4.69, 9.17) is 18.5 Å². The Morgan fingerprint density at radius 2 is 0.812 bits per heavy atom. The summed E-state index contributed by atoms with van der Waals surface area (Å²) in [5, 5.41) is 50.3. The van der Waals surface area contributed by atoms with Crippen molar-refractivity contribution in [3.8, 4) is 0 Å². The number of aliphatic hydroxyl groups excluding tert-OH is 5. The van der Waals surface area contributed by atoms with Gasteiger partial charge in [0.2, 0.25) is 0 Å². The zero-order chi connectivity index (χ0) is 50.6. The Bertz CT molecular complexity index is 1610. The van der Waals surface area contributed by atoms with Crippen LogP contribution in [-0.2, 0) is 32.7 Å². The fraction of sp³-hybridized carbons (Fsp3) is 0.636. The Morgan fingerprint density at radius 1 is 0.449 bits per heavy atom. The molecule has 1 aliphatic carbocycles. The smallest absolute Gasteiger partial charge is 0.462 e. The van der Waals surface area contributed by atoms with E-state index in [0.29, 0.717) is 25.7 Å². The highest BCUT2D eigenvalue weighted by molar-refractivity contribution is 7.47. The average Bonchev–Trinajstić information content (AvgIpc) is 3.33. The molecule has 1 saturated carbocycles. The van der Waals surface area contributed by atoms with Gasteiger partial charge in [0.05, 0.1) is 6.61 Å². The van der Waals surface area contributed by atoms with Gasteiger partial charge in [-0.05, 0) is 89.9 Å². The molecule has 0 radical (unpaired) electrons. The number of hydrogen-bond donors (Lipinski definition) is 6. The van der Waals surface area contributed by atoms with Gasteiger partial charge in [0, 0.05) is 12.8 Å². The molecule has 0 saturated heterocycles. The minimum absolute atomic E-state index is 0.000995. The maximum Gasteiger partial charge on any atom is 0.472 e. The second-order valence-electron chi connectivity index (χ2n) is 17.3. The molecular weight excluding hydrogens is 900 g/mol. The molecule has 6 unspecified atom stereocenters. The van der Waals surface area contributed by atoms with Crippen molar-refractivity contribution in [3.05, 3.63) is 109 Å². The minimum atomic E-state index is -5.16. The molecular formula is C55H89O13P. The van der Waals surface area contributed by atoms with Crippen LogP contribution in [0.3, 0.4) is 0 Å². The summed E-state index contributed by atoms with van der Waals surface area (Å²) in [4.78, 5) is 35.8. The number of phosphoric acid groups is 1. The number of hydrogen-bond acceptors (Lipinski definition) is 12. The van der Waals surface area contributed by atoms with Gasteiger partial charge in [-0.25, -0.2) is 4.57 Å². The Hall–Kier alpha value is -3.49. The highest BCUT2D eigenvalue weighted by Gasteiger charge is 2.51. The standard InChI is InChI=1S/C55H89O13P/c1-3-5-7-9-11-13-15-17-19-21-23-24-26-28-30-32-34-36-38-40-42-44-49(57)67-47(46-66-69(63,64)68-55-53(61)51(59)50(58)52(60)54(55)62)45-65-48(56)43-41-39-37-35-33-31-29-27-25-22-20-18-16-14-12-10-8-6-4-2/h12,14,18-21,24-27,30-33,36-39,47,50-55,58-62H,3-11,13,15-17,22-23,28-29,34-35,40-46H2,1-2H3,(H,63,64)/b14-12+,20-18+,21-19+,26-24+,27-25+,32-30+,33-31+,38-36+,39-37+/t47-,50?,51-,52?,53?,54?,55?/m1/s1. The van der Waals surface area contributed by atoms with E-state index in [1.807, 2.05) is 30.4 Å². The van der Waals surface area contributed by atoms with Gasteiger partial charge >= 0.3 is 19.8 Å². The Labute approximate surface area is 414 Å². The first-order valence-electron chi connectivity index (χ1n) is 25.7. The van der Waals surface area contributed by atoms with Crippen molar-refractivity contribution in [2.24, 2.45) is 0 Å². The third kappa shape index (κ3) is 35.3. The van der Waals surface area contributed by atoms with Gasteiger partial charge in [-0.2, -0.15) is 0 Å². The summed E-state index contributed by atoms with van der Waals surface area (Å²) in [7, 11) is -5.16. The highest BCUT2D eigenvalue weighted by Crippen LogP contribution is 2.47. The monoisotopic (exact) mass is 989 g/mol. The third-order valence-corrected chi connectivity index (χ3v) is 12.1. The minimum Gasteiger partial charge on any atom is -0.462 e. The van der Waals surface area contributed by atoms with Gasteiger partial charge in [0.1, 0.15) is 43.2 Å². The van der Waals surface area contributed by atoms with Crippen LogP contribution < -0.4 is 0 Å². The summed E-state index contributed by atoms with van der Waals surface area (Å²) >= 11 is 0. The fourth-order valence-corrected chi connectivity index (χ4v) is 7.94. The molecule has 0 bridgehead atoms. The molecule has 6 N–H and O–H groups in total. The number of ether oxygens (including phenoxy) is 2. The van der Waals surface area contributed by atoms with E-state index in [2.05, 4.69) is 92.8 Å². The summed E-state index contributed by atoms with van der Waals surface area (Å²) in [5.74, 6) is -1.27. The lowest BCUT2D eigenvalue weighted by molar-refractivity contribution is -0.220. The Kier molecular flexibility index (Phi) is 39.9. The highest BCUT2D eigenvalue weighted by atomic mass is 31.2. The van der Waals surface area contributed by atoms with Crippen LogP contribution >= 0.6 is 7.82 Å². The molecule has 69 heavy (non-hydrogen) atoms. The molecule has 14 heteroatoms. The van der Waals surface area contributed by atoms with Gasteiger partial charge in [-0.3, -0.25) is 18.6 Å². The van der Waals surface area contributed by atoms with Crippen LogP contribution in [-0.4, -0.2) is 98.3 Å². The van der Waals surface area contributed by atoms with Crippen LogP contribution in [0.15, 0.2) is 109 Å². The molecule has 0 spiro atoms. The number of allylic oxidation sites excluding steroid dienone is 18. The van der Waals surface area contributed by atoms with Gasteiger partial charge < -0.3 is 39.9 Å². The topological polar surface area (TPSA) is 210 Å². The molecule has 0 amide bonds. The first-order valence-corrected chi connectivity index (χ1v) is 27.2. The maximum absolute atomic E-state index is 12.8. The molecule has 392 valence electrons. The lowest BCUT2D eigenvalue weighted by Crippen LogP contribution is -2.64. The van der Waals surface area contributed by atoms with E-state index in [1.165, 1.54) is 64.2 Å². The molecule has 0 heterocycles. The molecule has 13 nitrogen and oxygen atoms in total. The van der Waals surface area contributed by atoms with Crippen LogP contribution in [0.25, 0.3) is 0 Å². The SMILES string of the molecule is CCCCC/C=C/C/C=C/C/C=C/C/C=C/C/C=C/CCC(=O)OC[C@H](COP(=O)(O)OC1C(O)C(O)C(O)[C@@H](O)C1O)OC(=O)CCC/C=C/C/C=C/C/C=C/C/C=C/CCCCCCCCC. The fourth-order valence-electron chi connectivity index (χ4n) is 6.97. The second kappa shape index (κ2) is 43.3. The number of carbonyl (C=O) groups is 2. The molecule has 1 fully saturated rings. The molecule has 0 aliphatic heterocycles. The van der Waals surface area contributed by atoms with E-state index in [0.717, 1.165) is 51.4 Å². The van der Waals surface area contributed by atoms with E-state index >= 15 is 0 Å². The van der Waals surface area contributed by atoms with Crippen molar-refractivity contribution >= 4 is 19.8 Å². The van der Waals surface area contributed by atoms with Crippen molar-refractivity contribution in [3.63, 3.8) is 0 Å². The van der Waals surface area contributed by atoms with E-state index in [9.17, 15) is 44.6 Å². The van der Waals surface area contributed by atoms with Crippen LogP contribution in [0.2, 0.25) is 0 Å². The van der Waals surface area contributed by atoms with E-state index < -0.39 is 75.7 Å². The van der Waals surface area contributed by atoms with Crippen LogP contribution in [0.1, 0.15) is 168 Å². The maximum atomic E-state index is 12.8. The first-order chi connectivity index (χ1) is 33.4. The van der Waals surface area contributed by atoms with Crippen molar-refractivity contribution in [2.75, 3.05) is 13.2 Å². The second-order valence-corrected chi connectivity index (χ2v) is 18.7. The molecule has 0 aromatic heterocycles. The number of aliphatic hydroxyl groups is 5. The van der Waals surface area contributed by atoms with E-state index in [-0.39, 0.29) is 12.8 Å². The predicted molar refractivity (Wildman–Crippen MR) is 276 cm³/mol. The number of phosphoric ester groups is 1. The van der Waals surface area contributed by atoms with Crippen LogP contribution in [0, 0.1) is 0 Å². The van der Waals surface area contributed by atoms with Gasteiger partial charge in [0.15, 0.2) is 6.10 Å². The van der Waals surface area contributed by atoms with Crippen molar-refractivity contribution < 1.29 is 63.1 Å². The Balaban J connectivity index is 2.52. The average molecular weight is 989 g/mol. The third-order valence-electron chi connectivity index (χ3n) is 11.1. The summed E-state index contributed by atoms with van der Waals surface area (Å²) in [5.41, 5.74) is 0. The zero-order valence-corrected chi connectivity index (χ0v) is 42.7. The van der Waals surface area contributed by atoms with Crippen molar-refractivity contribution in [1.29, 1.82) is 0 Å². The molecule has 1 rings (SSSR count). The van der Waals surface area contributed by atoms with Crippen molar-refractivity contribution in [2.45, 2.75) is 211 Å². The normalized spacial score (nSPS) is 21.8. The van der Waals surface area contributed by atoms with Gasteiger partial charge in [-0.1, -0.05) is 175 Å². The summed E-state index contributed by atoms with van der Waals surface area (Å²) in [6, 6.07) is 0. The first kappa shape index (κ1) is 63.5. The lowest BCUT2D eigenvalue weighted by Gasteiger charge is -2.41. The Morgan fingerprint density at radius 3 is 1.28 bits per heavy atom. The molecule has 8 atom stereocenters. The number of carbonyl (C=O) groups excluding carboxylic acids is 2. The number of unbranched alkanes of at least 4 members (excludes halogenated alkanes) is 11. The summed E-state index contributed by atoms with van der Waals surface area (Å²) in [6.45, 7) is 3.16. The lowest BCUT2D eigenvalue weighted by atomic mass is 9.85. The van der Waals surface area contributed by atoms with Crippen LogP contribution in [0.4, 0.5) is 0 Å². The van der Waals surface area contributed by atoms with E-state index in [1.54, 1.807) is 0 Å². The largest absolute Gasteiger partial charge is 0.472 e. The number of rotatable bonds is 41. The molecule has 0 aromatic rings. The number of esters is 2. The van der Waals surface area contributed by atoms with Gasteiger partial charge in [0.25, 0.3) is 0 Å². The van der Waals surface area contributed by atoms with Crippen molar-refractivity contribution in [1.82, 2.24) is 0 Å². The van der Waals surface area contributed by atoms with Crippen LogP contribution in [0.5, 0.6) is 0 Å². The summed E-state index contributed by atoms with van der Waals surface area (Å²) < 4.78 is 33.5.